The zero-order valence-electron chi connectivity index (χ0n) is 18.3. The van der Waals surface area contributed by atoms with Gasteiger partial charge in [0.2, 0.25) is 0 Å². The number of nitrogens with one attached hydrogen (secondary N) is 1. The summed E-state index contributed by atoms with van der Waals surface area (Å²) in [5, 5.41) is 3.11. The number of nitrogens with two attached hydrogens (primary N) is 1. The quantitative estimate of drug-likeness (QED) is 0.463. The minimum absolute atomic E-state index is 0.00372. The zero-order chi connectivity index (χ0) is 22.0. The molecule has 160 valence electrons. The number of nitrogens with zero attached hydrogens (tertiary/aromatic N) is 3. The van der Waals surface area contributed by atoms with Gasteiger partial charge in [0.15, 0.2) is 5.65 Å². The van der Waals surface area contributed by atoms with E-state index >= 15 is 0 Å². The smallest absolute Gasteiger partial charge is 0.257 e. The van der Waals surface area contributed by atoms with Crippen molar-refractivity contribution < 1.29 is 4.79 Å². The van der Waals surface area contributed by atoms with E-state index in [1.807, 2.05) is 54.0 Å². The van der Waals surface area contributed by atoms with Gasteiger partial charge in [-0.25, -0.2) is 9.97 Å². The molecule has 0 saturated carbocycles. The lowest BCUT2D eigenvalue weighted by molar-refractivity contribution is 0.0940. The van der Waals surface area contributed by atoms with Crippen molar-refractivity contribution in [2.24, 2.45) is 5.92 Å². The highest BCUT2D eigenvalue weighted by Crippen LogP contribution is 2.28. The first-order valence-electron chi connectivity index (χ1n) is 10.8. The first kappa shape index (κ1) is 20.8. The van der Waals surface area contributed by atoms with Crippen LogP contribution in [0.3, 0.4) is 0 Å². The lowest BCUT2D eigenvalue weighted by atomic mass is 10.1. The molecule has 0 spiro atoms. The van der Waals surface area contributed by atoms with Gasteiger partial charge in [0.25, 0.3) is 5.91 Å². The summed E-state index contributed by atoms with van der Waals surface area (Å²) in [5.41, 5.74) is 10.9. The first-order valence-corrected chi connectivity index (χ1v) is 10.8. The van der Waals surface area contributed by atoms with Gasteiger partial charge in [-0.1, -0.05) is 56.3 Å². The summed E-state index contributed by atoms with van der Waals surface area (Å²) in [6.07, 6.45) is 1.74. The number of fused-ring (bicyclic) bond motifs is 2. The number of aromatic nitrogens is 3. The molecule has 2 aromatic heterocycles. The van der Waals surface area contributed by atoms with Crippen LogP contribution >= 0.6 is 0 Å². The average Bonchev–Trinajstić information content (AvgIpc) is 3.01. The van der Waals surface area contributed by atoms with E-state index < -0.39 is 0 Å². The number of anilines is 1. The van der Waals surface area contributed by atoms with Crippen molar-refractivity contribution in [2.45, 2.75) is 46.2 Å². The Morgan fingerprint density at radius 3 is 2.32 bits per heavy atom. The molecule has 0 radical (unpaired) electrons. The van der Waals surface area contributed by atoms with Gasteiger partial charge in [-0.05, 0) is 43.4 Å². The topological polar surface area (TPSA) is 85.8 Å². The minimum Gasteiger partial charge on any atom is -0.384 e. The van der Waals surface area contributed by atoms with E-state index in [0.29, 0.717) is 35.0 Å². The Labute approximate surface area is 182 Å². The number of benzene rings is 2. The van der Waals surface area contributed by atoms with Crippen molar-refractivity contribution >= 4 is 33.9 Å². The molecule has 1 atom stereocenters. The zero-order valence-corrected chi connectivity index (χ0v) is 18.3. The van der Waals surface area contributed by atoms with Crippen LogP contribution in [0.5, 0.6) is 0 Å². The number of carbonyl (C=O) groups excluding carboxylic acids is 1. The van der Waals surface area contributed by atoms with Gasteiger partial charge in [-0.15, -0.1) is 0 Å². The Morgan fingerprint density at radius 2 is 1.65 bits per heavy atom. The molecule has 2 aromatic carbocycles. The standard InChI is InChI=1S/C25H29N5O/c1-16(2)15-30-23(26)21(22-24(30)29-20-12-8-7-11-19(20)28-22)25(31)27-17(3)13-14-18-9-5-4-6-10-18/h4-12,16-17H,13-15,26H2,1-3H3,(H,27,31)/t17-/m0/s1. The van der Waals surface area contributed by atoms with Crippen molar-refractivity contribution in [3.8, 4) is 0 Å². The average molecular weight is 416 g/mol. The maximum absolute atomic E-state index is 13.3. The largest absolute Gasteiger partial charge is 0.384 e. The number of hydrogen-bond donors (Lipinski definition) is 2. The first-order chi connectivity index (χ1) is 14.9. The van der Waals surface area contributed by atoms with Crippen LogP contribution in [-0.2, 0) is 13.0 Å². The van der Waals surface area contributed by atoms with Gasteiger partial charge in [0.1, 0.15) is 16.9 Å². The molecule has 0 fully saturated rings. The summed E-state index contributed by atoms with van der Waals surface area (Å²) in [6.45, 7) is 6.92. The number of aryl methyl sites for hydroxylation is 1. The molecule has 0 unspecified atom stereocenters. The molecule has 31 heavy (non-hydrogen) atoms. The van der Waals surface area contributed by atoms with E-state index in [2.05, 4.69) is 31.3 Å². The molecule has 4 rings (SSSR count). The third kappa shape index (κ3) is 4.38. The minimum atomic E-state index is -0.199. The van der Waals surface area contributed by atoms with Gasteiger partial charge < -0.3 is 15.6 Å². The maximum Gasteiger partial charge on any atom is 0.257 e. The van der Waals surface area contributed by atoms with E-state index in [1.54, 1.807) is 0 Å². The molecule has 0 aliphatic carbocycles. The van der Waals surface area contributed by atoms with E-state index in [-0.39, 0.29) is 11.9 Å². The predicted molar refractivity (Wildman–Crippen MR) is 126 cm³/mol. The second-order valence-electron chi connectivity index (χ2n) is 8.55. The number of hydrogen-bond acceptors (Lipinski definition) is 4. The molecule has 4 aromatic rings. The molecule has 0 aliphatic heterocycles. The summed E-state index contributed by atoms with van der Waals surface area (Å²) >= 11 is 0. The van der Waals surface area contributed by atoms with Crippen LogP contribution in [0.4, 0.5) is 5.82 Å². The van der Waals surface area contributed by atoms with Crippen molar-refractivity contribution in [1.82, 2.24) is 19.9 Å². The van der Waals surface area contributed by atoms with Crippen molar-refractivity contribution in [3.05, 3.63) is 65.7 Å². The van der Waals surface area contributed by atoms with Gasteiger partial charge >= 0.3 is 0 Å². The number of rotatable bonds is 7. The SMILES string of the molecule is CC(C)Cn1c(N)c(C(=O)N[C@@H](C)CCc2ccccc2)c2nc3ccccc3nc21. The van der Waals surface area contributed by atoms with Crippen LogP contribution in [0.1, 0.15) is 43.1 Å². The van der Waals surface area contributed by atoms with Crippen LogP contribution in [-0.4, -0.2) is 26.5 Å². The molecule has 6 heteroatoms. The normalized spacial score (nSPS) is 12.5. The molecule has 0 aliphatic rings. The van der Waals surface area contributed by atoms with Gasteiger partial charge in [0.05, 0.1) is 11.0 Å². The number of nitrogen functional groups attached to an aromatic ring is 1. The van der Waals surface area contributed by atoms with Crippen molar-refractivity contribution in [1.29, 1.82) is 0 Å². The second-order valence-corrected chi connectivity index (χ2v) is 8.55. The third-order valence-electron chi connectivity index (χ3n) is 5.45. The molecular weight excluding hydrogens is 386 g/mol. The Hall–Kier alpha value is -3.41. The Kier molecular flexibility index (Phi) is 5.89. The molecule has 1 amide bonds. The van der Waals surface area contributed by atoms with Gasteiger partial charge in [0, 0.05) is 12.6 Å². The van der Waals surface area contributed by atoms with Gasteiger partial charge in [-0.3, -0.25) is 4.79 Å². The summed E-state index contributed by atoms with van der Waals surface area (Å²) in [7, 11) is 0. The lowest BCUT2D eigenvalue weighted by Gasteiger charge is -2.14. The highest BCUT2D eigenvalue weighted by atomic mass is 16.1. The number of amides is 1. The molecule has 3 N–H and O–H groups in total. The second kappa shape index (κ2) is 8.76. The summed E-state index contributed by atoms with van der Waals surface area (Å²) in [5.74, 6) is 0.578. The van der Waals surface area contributed by atoms with Crippen LogP contribution in [0, 0.1) is 5.92 Å². The van der Waals surface area contributed by atoms with Crippen molar-refractivity contribution in [3.63, 3.8) is 0 Å². The van der Waals surface area contributed by atoms with Crippen LogP contribution in [0.25, 0.3) is 22.2 Å². The lowest BCUT2D eigenvalue weighted by Crippen LogP contribution is -2.33. The number of carbonyl (C=O) groups is 1. The van der Waals surface area contributed by atoms with E-state index in [9.17, 15) is 4.79 Å². The van der Waals surface area contributed by atoms with E-state index in [4.69, 9.17) is 15.7 Å². The van der Waals surface area contributed by atoms with Crippen LogP contribution in [0.15, 0.2) is 54.6 Å². The van der Waals surface area contributed by atoms with Gasteiger partial charge in [-0.2, -0.15) is 0 Å². The van der Waals surface area contributed by atoms with E-state index in [1.165, 1.54) is 5.56 Å². The van der Waals surface area contributed by atoms with E-state index in [0.717, 1.165) is 23.9 Å². The Bertz CT molecular complexity index is 1210. The molecule has 2 heterocycles. The number of para-hydroxylation sites is 2. The maximum atomic E-state index is 13.3. The Morgan fingerprint density at radius 1 is 1.00 bits per heavy atom. The molecule has 6 nitrogen and oxygen atoms in total. The summed E-state index contributed by atoms with van der Waals surface area (Å²) in [4.78, 5) is 22.8. The summed E-state index contributed by atoms with van der Waals surface area (Å²) < 4.78 is 1.92. The van der Waals surface area contributed by atoms with Crippen LogP contribution in [0.2, 0.25) is 0 Å². The summed E-state index contributed by atoms with van der Waals surface area (Å²) in [6, 6.07) is 18.0. The fourth-order valence-electron chi connectivity index (χ4n) is 3.89. The monoisotopic (exact) mass is 415 g/mol. The highest BCUT2D eigenvalue weighted by molar-refractivity contribution is 6.10. The highest BCUT2D eigenvalue weighted by Gasteiger charge is 2.25. The predicted octanol–water partition coefficient (Wildman–Crippen LogP) is 4.57. The fraction of sp³-hybridized carbons (Fsp3) is 0.320. The van der Waals surface area contributed by atoms with Crippen LogP contribution < -0.4 is 11.1 Å². The Balaban J connectivity index is 1.65. The molecule has 0 bridgehead atoms. The van der Waals surface area contributed by atoms with Crippen molar-refractivity contribution in [2.75, 3.05) is 5.73 Å². The third-order valence-corrected chi connectivity index (χ3v) is 5.45. The molecule has 0 saturated heterocycles. The fourth-order valence-corrected chi connectivity index (χ4v) is 3.89. The molecular formula is C25H29N5O.